The van der Waals surface area contributed by atoms with E-state index in [0.29, 0.717) is 23.2 Å². The normalized spacial score (nSPS) is 17.1. The largest absolute Gasteiger partial charge is 0.497 e. The molecule has 2 aromatic carbocycles. The van der Waals surface area contributed by atoms with Gasteiger partial charge in [-0.05, 0) is 48.9 Å². The molecule has 0 saturated carbocycles. The number of anilines is 1. The van der Waals surface area contributed by atoms with Crippen LogP contribution in [-0.2, 0) is 4.79 Å². The van der Waals surface area contributed by atoms with Crippen molar-refractivity contribution in [2.45, 2.75) is 13.0 Å². The third kappa shape index (κ3) is 3.98. The van der Waals surface area contributed by atoms with Crippen molar-refractivity contribution in [3.8, 4) is 17.1 Å². The first kappa shape index (κ1) is 20.6. The number of hydrogen-bond donors (Lipinski definition) is 1. The SMILES string of the molecule is COc1ccc(-c2nc3n(n2)C(c2ccccc2)C(C(=O)Nc2cccnc2)C(C)=N3)cc1. The monoisotopic (exact) mass is 438 g/mol. The van der Waals surface area contributed by atoms with Crippen molar-refractivity contribution in [3.05, 3.63) is 84.7 Å². The number of nitrogens with zero attached hydrogens (tertiary/aromatic N) is 5. The number of aliphatic imine (C=N–C) groups is 1. The smallest absolute Gasteiger partial charge is 0.248 e. The van der Waals surface area contributed by atoms with Gasteiger partial charge in [0.1, 0.15) is 11.7 Å². The van der Waals surface area contributed by atoms with Gasteiger partial charge in [-0.2, -0.15) is 4.98 Å². The number of pyridine rings is 1. The lowest BCUT2D eigenvalue weighted by molar-refractivity contribution is -0.118. The highest BCUT2D eigenvalue weighted by atomic mass is 16.5. The predicted molar refractivity (Wildman–Crippen MR) is 126 cm³/mol. The van der Waals surface area contributed by atoms with Crippen molar-refractivity contribution in [2.75, 3.05) is 12.4 Å². The van der Waals surface area contributed by atoms with Crippen molar-refractivity contribution < 1.29 is 9.53 Å². The van der Waals surface area contributed by atoms with Gasteiger partial charge < -0.3 is 10.1 Å². The fraction of sp³-hybridized carbons (Fsp3) is 0.160. The average molecular weight is 438 g/mol. The van der Waals surface area contributed by atoms with Gasteiger partial charge in [0.05, 0.1) is 25.0 Å². The molecule has 4 aromatic rings. The van der Waals surface area contributed by atoms with Gasteiger partial charge >= 0.3 is 0 Å². The summed E-state index contributed by atoms with van der Waals surface area (Å²) in [7, 11) is 1.63. The molecule has 8 nitrogen and oxygen atoms in total. The Bertz CT molecular complexity index is 1300. The molecule has 1 amide bonds. The number of rotatable bonds is 5. The third-order valence-corrected chi connectivity index (χ3v) is 5.62. The number of methoxy groups -OCH3 is 1. The van der Waals surface area contributed by atoms with Crippen molar-refractivity contribution in [2.24, 2.45) is 10.9 Å². The lowest BCUT2D eigenvalue weighted by Gasteiger charge is -2.30. The first-order valence-corrected chi connectivity index (χ1v) is 10.6. The van der Waals surface area contributed by atoms with Crippen LogP contribution in [0.2, 0.25) is 0 Å². The van der Waals surface area contributed by atoms with E-state index in [4.69, 9.17) is 9.84 Å². The molecule has 0 fully saturated rings. The van der Waals surface area contributed by atoms with Crippen LogP contribution in [-0.4, -0.2) is 38.5 Å². The maximum atomic E-state index is 13.4. The Morgan fingerprint density at radius 2 is 1.82 bits per heavy atom. The summed E-state index contributed by atoms with van der Waals surface area (Å²) < 4.78 is 6.99. The summed E-state index contributed by atoms with van der Waals surface area (Å²) in [6, 6.07) is 20.6. The van der Waals surface area contributed by atoms with E-state index in [9.17, 15) is 4.79 Å². The van der Waals surface area contributed by atoms with E-state index >= 15 is 0 Å². The molecule has 0 aliphatic carbocycles. The number of amides is 1. The Morgan fingerprint density at radius 1 is 1.03 bits per heavy atom. The second-order valence-electron chi connectivity index (χ2n) is 7.73. The minimum atomic E-state index is -0.564. The van der Waals surface area contributed by atoms with Crippen LogP contribution in [0.5, 0.6) is 5.75 Å². The first-order valence-electron chi connectivity index (χ1n) is 10.6. The number of aromatic nitrogens is 4. The Hall–Kier alpha value is -4.33. The molecule has 1 aliphatic rings. The molecule has 0 radical (unpaired) electrons. The number of fused-ring (bicyclic) bond motifs is 1. The summed E-state index contributed by atoms with van der Waals surface area (Å²) in [6.45, 7) is 1.86. The summed E-state index contributed by atoms with van der Waals surface area (Å²) in [5.41, 5.74) is 3.09. The molecular weight excluding hydrogens is 416 g/mol. The van der Waals surface area contributed by atoms with E-state index < -0.39 is 12.0 Å². The van der Waals surface area contributed by atoms with E-state index in [2.05, 4.69) is 20.3 Å². The van der Waals surface area contributed by atoms with E-state index in [1.807, 2.05) is 61.5 Å². The number of carbonyl (C=O) groups is 1. The van der Waals surface area contributed by atoms with Crippen molar-refractivity contribution in [3.63, 3.8) is 0 Å². The maximum Gasteiger partial charge on any atom is 0.248 e. The van der Waals surface area contributed by atoms with Crippen molar-refractivity contribution in [1.82, 2.24) is 19.7 Å². The summed E-state index contributed by atoms with van der Waals surface area (Å²) in [5.74, 6) is 1.03. The Labute approximate surface area is 191 Å². The fourth-order valence-corrected chi connectivity index (χ4v) is 4.01. The standard InChI is InChI=1S/C25H22N6O2/c1-16-21(24(32)28-19-9-6-14-26-15-19)22(17-7-4-3-5-8-17)31-25(27-16)29-23(30-31)18-10-12-20(33-2)13-11-18/h3-15,21-22H,1-2H3,(H,28,32). The van der Waals surface area contributed by atoms with Crippen LogP contribution in [0.3, 0.4) is 0 Å². The van der Waals surface area contributed by atoms with Crippen LogP contribution >= 0.6 is 0 Å². The molecule has 8 heteroatoms. The highest BCUT2D eigenvalue weighted by molar-refractivity contribution is 6.10. The quantitative estimate of drug-likeness (QED) is 0.501. The first-order chi connectivity index (χ1) is 16.1. The summed E-state index contributed by atoms with van der Waals surface area (Å²) in [5, 5.41) is 7.74. The topological polar surface area (TPSA) is 94.3 Å². The molecule has 0 bridgehead atoms. The van der Waals surface area contributed by atoms with E-state index in [1.165, 1.54) is 0 Å². The molecule has 33 heavy (non-hydrogen) atoms. The predicted octanol–water partition coefficient (Wildman–Crippen LogP) is 4.30. The molecule has 2 atom stereocenters. The van der Waals surface area contributed by atoms with Crippen LogP contribution in [0, 0.1) is 5.92 Å². The maximum absolute atomic E-state index is 13.4. The number of ether oxygens (including phenoxy) is 1. The molecule has 3 heterocycles. The number of carbonyl (C=O) groups excluding carboxylic acids is 1. The molecule has 2 unspecified atom stereocenters. The van der Waals surface area contributed by atoms with Crippen molar-refractivity contribution >= 4 is 23.3 Å². The lowest BCUT2D eigenvalue weighted by atomic mass is 9.87. The zero-order chi connectivity index (χ0) is 22.8. The summed E-state index contributed by atoms with van der Waals surface area (Å²) >= 11 is 0. The van der Waals surface area contributed by atoms with Gasteiger partial charge in [-0.1, -0.05) is 30.3 Å². The minimum absolute atomic E-state index is 0.176. The molecule has 1 aliphatic heterocycles. The number of nitrogens with one attached hydrogen (secondary N) is 1. The fourth-order valence-electron chi connectivity index (χ4n) is 4.01. The van der Waals surface area contributed by atoms with Crippen LogP contribution < -0.4 is 10.1 Å². The van der Waals surface area contributed by atoms with Crippen LogP contribution in [0.25, 0.3) is 11.4 Å². The van der Waals surface area contributed by atoms with Crippen LogP contribution in [0.15, 0.2) is 84.1 Å². The van der Waals surface area contributed by atoms with E-state index in [-0.39, 0.29) is 5.91 Å². The second kappa shape index (κ2) is 8.66. The van der Waals surface area contributed by atoms with Gasteiger partial charge in [0, 0.05) is 17.5 Å². The highest BCUT2D eigenvalue weighted by Crippen LogP contribution is 2.37. The zero-order valence-corrected chi connectivity index (χ0v) is 18.2. The molecule has 164 valence electrons. The number of benzene rings is 2. The van der Waals surface area contributed by atoms with Gasteiger partial charge in [0.15, 0.2) is 5.82 Å². The Kier molecular flexibility index (Phi) is 5.40. The van der Waals surface area contributed by atoms with E-state index in [0.717, 1.165) is 16.9 Å². The van der Waals surface area contributed by atoms with Crippen LogP contribution in [0.4, 0.5) is 11.6 Å². The lowest BCUT2D eigenvalue weighted by Crippen LogP contribution is -2.39. The second-order valence-corrected chi connectivity index (χ2v) is 7.73. The molecular formula is C25H22N6O2. The summed E-state index contributed by atoms with van der Waals surface area (Å²) in [6.07, 6.45) is 3.28. The van der Waals surface area contributed by atoms with Crippen LogP contribution in [0.1, 0.15) is 18.5 Å². The van der Waals surface area contributed by atoms with Crippen molar-refractivity contribution in [1.29, 1.82) is 0 Å². The molecule has 5 rings (SSSR count). The van der Waals surface area contributed by atoms with Gasteiger partial charge in [0.25, 0.3) is 0 Å². The summed E-state index contributed by atoms with van der Waals surface area (Å²) in [4.78, 5) is 26.8. The Morgan fingerprint density at radius 3 is 2.52 bits per heavy atom. The van der Waals surface area contributed by atoms with Gasteiger partial charge in [-0.3, -0.25) is 9.78 Å². The molecule has 1 N–H and O–H groups in total. The molecule has 0 saturated heterocycles. The van der Waals surface area contributed by atoms with Gasteiger partial charge in [0.2, 0.25) is 11.9 Å². The highest BCUT2D eigenvalue weighted by Gasteiger charge is 2.39. The van der Waals surface area contributed by atoms with Gasteiger partial charge in [-0.15, -0.1) is 5.10 Å². The number of hydrogen-bond acceptors (Lipinski definition) is 6. The molecule has 2 aromatic heterocycles. The average Bonchev–Trinajstić information content (AvgIpc) is 3.28. The van der Waals surface area contributed by atoms with E-state index in [1.54, 1.807) is 36.3 Å². The minimum Gasteiger partial charge on any atom is -0.497 e. The molecule has 0 spiro atoms. The van der Waals surface area contributed by atoms with Gasteiger partial charge in [-0.25, -0.2) is 9.67 Å². The Balaban J connectivity index is 1.57. The third-order valence-electron chi connectivity index (χ3n) is 5.62. The zero-order valence-electron chi connectivity index (χ0n) is 18.2.